The molecule has 0 bridgehead atoms. The molecular weight excluding hydrogens is 223 g/mol. The second-order valence-corrected chi connectivity index (χ2v) is 3.80. The predicted octanol–water partition coefficient (Wildman–Crippen LogP) is 2.34. The molecule has 0 amide bonds. The van der Waals surface area contributed by atoms with Gasteiger partial charge in [-0.1, -0.05) is 18.9 Å². The topological polar surface area (TPSA) is 38.3 Å². The van der Waals surface area contributed by atoms with E-state index in [0.29, 0.717) is 6.42 Å². The second-order valence-electron chi connectivity index (χ2n) is 3.80. The zero-order valence-corrected chi connectivity index (χ0v) is 8.72. The first-order valence-corrected chi connectivity index (χ1v) is 5.11. The molecule has 1 fully saturated rings. The average molecular weight is 237 g/mol. The van der Waals surface area contributed by atoms with Gasteiger partial charge in [-0.2, -0.15) is 13.2 Å². The Bertz CT molecular complexity index is 265. The predicted molar refractivity (Wildman–Crippen MR) is 51.2 cm³/mol. The summed E-state index contributed by atoms with van der Waals surface area (Å²) in [4.78, 5) is 14.5. The van der Waals surface area contributed by atoms with E-state index in [1.807, 2.05) is 0 Å². The molecular formula is C10H14F3NO2. The lowest BCUT2D eigenvalue weighted by molar-refractivity contribution is -0.209. The number of hydrogen-bond donors (Lipinski definition) is 1. The van der Waals surface area contributed by atoms with Crippen LogP contribution in [-0.2, 0) is 9.63 Å². The first-order valence-electron chi connectivity index (χ1n) is 5.11. The summed E-state index contributed by atoms with van der Waals surface area (Å²) in [6, 6.07) is -0.266. The lowest BCUT2D eigenvalue weighted by Crippen LogP contribution is -2.41. The third-order valence-corrected chi connectivity index (χ3v) is 2.66. The van der Waals surface area contributed by atoms with Crippen LogP contribution in [0.1, 0.15) is 25.7 Å². The van der Waals surface area contributed by atoms with Crippen LogP contribution in [-0.4, -0.2) is 18.2 Å². The maximum atomic E-state index is 11.8. The average Bonchev–Trinajstić information content (AvgIpc) is 2.24. The molecule has 0 spiro atoms. The molecule has 1 aliphatic rings. The Kier molecular flexibility index (Phi) is 4.35. The van der Waals surface area contributed by atoms with Crippen molar-refractivity contribution in [1.82, 2.24) is 5.48 Å². The van der Waals surface area contributed by atoms with Crippen molar-refractivity contribution in [3.05, 3.63) is 12.7 Å². The Morgan fingerprint density at radius 1 is 1.38 bits per heavy atom. The molecule has 2 atom stereocenters. The highest BCUT2D eigenvalue weighted by atomic mass is 19.4. The number of alkyl halides is 3. The van der Waals surface area contributed by atoms with E-state index in [2.05, 4.69) is 16.9 Å². The van der Waals surface area contributed by atoms with Crippen molar-refractivity contribution in [1.29, 1.82) is 0 Å². The molecule has 0 unspecified atom stereocenters. The van der Waals surface area contributed by atoms with Gasteiger partial charge in [0.25, 0.3) is 0 Å². The fraction of sp³-hybridized carbons (Fsp3) is 0.700. The van der Waals surface area contributed by atoms with Crippen LogP contribution in [0.5, 0.6) is 0 Å². The molecule has 1 aliphatic carbocycles. The molecule has 0 aromatic carbocycles. The fourth-order valence-electron chi connectivity index (χ4n) is 1.78. The van der Waals surface area contributed by atoms with E-state index >= 15 is 0 Å². The Balaban J connectivity index is 2.41. The van der Waals surface area contributed by atoms with Gasteiger partial charge >= 0.3 is 12.1 Å². The van der Waals surface area contributed by atoms with Crippen LogP contribution in [0.2, 0.25) is 0 Å². The van der Waals surface area contributed by atoms with Gasteiger partial charge in [-0.25, -0.2) is 4.79 Å². The Labute approximate surface area is 91.6 Å². The summed E-state index contributed by atoms with van der Waals surface area (Å²) in [5, 5.41) is 0. The highest BCUT2D eigenvalue weighted by Crippen LogP contribution is 2.25. The van der Waals surface area contributed by atoms with Gasteiger partial charge in [-0.05, 0) is 18.8 Å². The van der Waals surface area contributed by atoms with Crippen molar-refractivity contribution in [2.45, 2.75) is 37.9 Å². The SMILES string of the molecule is C=C[C@H]1CCCC[C@H]1NOC(=O)C(F)(F)F. The van der Waals surface area contributed by atoms with Crippen molar-refractivity contribution in [2.75, 3.05) is 0 Å². The first-order chi connectivity index (χ1) is 7.45. The molecule has 6 heteroatoms. The van der Waals surface area contributed by atoms with Gasteiger partial charge in [0.05, 0.1) is 0 Å². The molecule has 1 N–H and O–H groups in total. The monoisotopic (exact) mass is 237 g/mol. The number of carbonyl (C=O) groups is 1. The van der Waals surface area contributed by atoms with Crippen LogP contribution >= 0.6 is 0 Å². The summed E-state index contributed by atoms with van der Waals surface area (Å²) in [7, 11) is 0. The van der Waals surface area contributed by atoms with E-state index in [0.717, 1.165) is 19.3 Å². The lowest BCUT2D eigenvalue weighted by atomic mass is 9.85. The second kappa shape index (κ2) is 5.34. The van der Waals surface area contributed by atoms with E-state index in [1.165, 1.54) is 0 Å². The Morgan fingerprint density at radius 3 is 2.56 bits per heavy atom. The number of nitrogens with one attached hydrogen (secondary N) is 1. The van der Waals surface area contributed by atoms with E-state index in [-0.39, 0.29) is 12.0 Å². The smallest absolute Gasteiger partial charge is 0.363 e. The highest BCUT2D eigenvalue weighted by molar-refractivity contribution is 5.75. The molecule has 0 aromatic heterocycles. The van der Waals surface area contributed by atoms with Crippen LogP contribution < -0.4 is 5.48 Å². The van der Waals surface area contributed by atoms with E-state index < -0.39 is 12.1 Å². The van der Waals surface area contributed by atoms with Crippen molar-refractivity contribution < 1.29 is 22.8 Å². The quantitative estimate of drug-likeness (QED) is 0.604. The number of hydroxylamine groups is 1. The van der Waals surface area contributed by atoms with Crippen molar-refractivity contribution in [2.24, 2.45) is 5.92 Å². The number of rotatable bonds is 3. The van der Waals surface area contributed by atoms with Crippen LogP contribution in [0.15, 0.2) is 12.7 Å². The molecule has 92 valence electrons. The zero-order valence-electron chi connectivity index (χ0n) is 8.72. The minimum atomic E-state index is -4.95. The molecule has 0 saturated heterocycles. The summed E-state index contributed by atoms with van der Waals surface area (Å²) >= 11 is 0. The number of carbonyl (C=O) groups excluding carboxylic acids is 1. The number of halogens is 3. The molecule has 1 saturated carbocycles. The normalized spacial score (nSPS) is 26.2. The summed E-state index contributed by atoms with van der Waals surface area (Å²) in [6.07, 6.45) is 0.184. The Hall–Kier alpha value is -1.04. The molecule has 0 aliphatic heterocycles. The van der Waals surface area contributed by atoms with Crippen molar-refractivity contribution in [3.8, 4) is 0 Å². The largest absolute Gasteiger partial charge is 0.492 e. The summed E-state index contributed by atoms with van der Waals surface area (Å²) < 4.78 is 35.5. The van der Waals surface area contributed by atoms with Crippen molar-refractivity contribution in [3.63, 3.8) is 0 Å². The molecule has 1 rings (SSSR count). The van der Waals surface area contributed by atoms with Gasteiger partial charge < -0.3 is 4.84 Å². The van der Waals surface area contributed by atoms with Gasteiger partial charge in [0.15, 0.2) is 0 Å². The van der Waals surface area contributed by atoms with Crippen LogP contribution in [0.3, 0.4) is 0 Å². The Morgan fingerprint density at radius 2 is 2.00 bits per heavy atom. The van der Waals surface area contributed by atoms with Gasteiger partial charge in [0.1, 0.15) is 0 Å². The summed E-state index contributed by atoms with van der Waals surface area (Å²) in [6.45, 7) is 3.61. The van der Waals surface area contributed by atoms with E-state index in [4.69, 9.17) is 0 Å². The fourth-order valence-corrected chi connectivity index (χ4v) is 1.78. The van der Waals surface area contributed by atoms with Crippen molar-refractivity contribution >= 4 is 5.97 Å². The van der Waals surface area contributed by atoms with E-state index in [1.54, 1.807) is 6.08 Å². The van der Waals surface area contributed by atoms with Crippen LogP contribution in [0.25, 0.3) is 0 Å². The molecule has 3 nitrogen and oxygen atoms in total. The van der Waals surface area contributed by atoms with E-state index in [9.17, 15) is 18.0 Å². The van der Waals surface area contributed by atoms with Gasteiger partial charge in [-0.3, -0.25) is 0 Å². The van der Waals surface area contributed by atoms with Gasteiger partial charge in [0.2, 0.25) is 0 Å². The number of hydrogen-bond acceptors (Lipinski definition) is 3. The minimum absolute atomic E-state index is 0.0507. The molecule has 0 radical (unpaired) electrons. The molecule has 16 heavy (non-hydrogen) atoms. The lowest BCUT2D eigenvalue weighted by Gasteiger charge is -2.29. The summed E-state index contributed by atoms with van der Waals surface area (Å²) in [5.74, 6) is -2.16. The van der Waals surface area contributed by atoms with Gasteiger partial charge in [-0.15, -0.1) is 12.1 Å². The van der Waals surface area contributed by atoms with Crippen LogP contribution in [0.4, 0.5) is 13.2 Å². The minimum Gasteiger partial charge on any atom is -0.363 e. The first kappa shape index (κ1) is 13.0. The maximum absolute atomic E-state index is 11.8. The zero-order chi connectivity index (χ0) is 12.2. The third kappa shape index (κ3) is 3.52. The van der Waals surface area contributed by atoms with Crippen LogP contribution in [0, 0.1) is 5.92 Å². The molecule has 0 heterocycles. The highest BCUT2D eigenvalue weighted by Gasteiger charge is 2.42. The standard InChI is InChI=1S/C10H14F3NO2/c1-2-7-5-3-4-6-8(7)14-16-9(15)10(11,12)13/h2,7-8,14H,1,3-6H2/t7-,8+/m0/s1. The van der Waals surface area contributed by atoms with Gasteiger partial charge in [0, 0.05) is 6.04 Å². The molecule has 0 aromatic rings. The summed E-state index contributed by atoms with van der Waals surface area (Å²) in [5.41, 5.74) is 2.19. The maximum Gasteiger partial charge on any atom is 0.492 e. The third-order valence-electron chi connectivity index (χ3n) is 2.66.